The summed E-state index contributed by atoms with van der Waals surface area (Å²) in [5, 5.41) is 17.1. The van der Waals surface area contributed by atoms with Gasteiger partial charge < -0.3 is 14.9 Å². The van der Waals surface area contributed by atoms with E-state index < -0.39 is 5.97 Å². The number of rotatable bonds is 7. The Morgan fingerprint density at radius 1 is 1.05 bits per heavy atom. The number of benzene rings is 3. The van der Waals surface area contributed by atoms with Crippen LogP contribution in [-0.2, 0) is 11.2 Å². The van der Waals surface area contributed by atoms with Gasteiger partial charge in [-0.3, -0.25) is 4.79 Å². The number of carboxylic acids is 1. The van der Waals surface area contributed by atoms with E-state index in [1.165, 1.54) is 27.1 Å². The first kappa shape index (κ1) is 23.9. The molecule has 2 N–H and O–H groups in total. The second kappa shape index (κ2) is 9.80. The van der Waals surface area contributed by atoms with Gasteiger partial charge in [0, 0.05) is 28.1 Å². The number of nitrogens with zero attached hydrogens (tertiary/aromatic N) is 2. The third-order valence-corrected chi connectivity index (χ3v) is 8.50. The molecule has 1 saturated carbocycles. The first-order chi connectivity index (χ1) is 18.0. The Morgan fingerprint density at radius 3 is 2.65 bits per heavy atom. The average Bonchev–Trinajstić information content (AvgIpc) is 3.53. The molecule has 6 rings (SSSR count). The number of carbonyl (C=O) groups is 1. The van der Waals surface area contributed by atoms with Gasteiger partial charge in [-0.05, 0) is 90.9 Å². The number of thioether (sulfide) groups is 1. The molecule has 6 nitrogen and oxygen atoms in total. The van der Waals surface area contributed by atoms with Crippen molar-refractivity contribution in [2.75, 3.05) is 6.26 Å². The summed E-state index contributed by atoms with van der Waals surface area (Å²) in [6.07, 6.45) is 5.54. The molecule has 37 heavy (non-hydrogen) atoms. The van der Waals surface area contributed by atoms with E-state index in [-0.39, 0.29) is 12.0 Å². The number of aryl methyl sites for hydroxylation is 2. The van der Waals surface area contributed by atoms with Crippen LogP contribution in [0.2, 0.25) is 0 Å². The predicted molar refractivity (Wildman–Crippen MR) is 145 cm³/mol. The second-order valence-electron chi connectivity index (χ2n) is 10.0. The molecule has 2 aliphatic rings. The van der Waals surface area contributed by atoms with Crippen molar-refractivity contribution >= 4 is 17.7 Å². The molecule has 0 radical (unpaired) electrons. The van der Waals surface area contributed by atoms with E-state index in [1.54, 1.807) is 11.8 Å². The molecular weight excluding hydrogens is 482 g/mol. The maximum absolute atomic E-state index is 11.1. The quantitative estimate of drug-likeness (QED) is 0.272. The SMILES string of the molecule is CSc1ccccc1-c1ccc(-c2nc(-c3ccc4c(c3)CCC4NC3CC(C(=O)O)C3)no2)cc1C. The molecule has 7 heteroatoms. The highest BCUT2D eigenvalue weighted by Crippen LogP contribution is 2.38. The molecule has 0 aliphatic heterocycles. The summed E-state index contributed by atoms with van der Waals surface area (Å²) in [5.41, 5.74) is 8.05. The lowest BCUT2D eigenvalue weighted by Crippen LogP contribution is -2.45. The van der Waals surface area contributed by atoms with Crippen LogP contribution in [0.15, 0.2) is 70.1 Å². The Hall–Kier alpha value is -3.42. The van der Waals surface area contributed by atoms with Crippen molar-refractivity contribution in [3.05, 3.63) is 77.4 Å². The van der Waals surface area contributed by atoms with Gasteiger partial charge in [0.15, 0.2) is 0 Å². The molecule has 0 spiro atoms. The van der Waals surface area contributed by atoms with E-state index in [4.69, 9.17) is 14.6 Å². The van der Waals surface area contributed by atoms with E-state index in [0.29, 0.717) is 17.8 Å². The summed E-state index contributed by atoms with van der Waals surface area (Å²) in [4.78, 5) is 17.1. The second-order valence-corrected chi connectivity index (χ2v) is 10.9. The summed E-state index contributed by atoms with van der Waals surface area (Å²) in [6.45, 7) is 2.11. The number of hydrogen-bond acceptors (Lipinski definition) is 6. The van der Waals surface area contributed by atoms with Crippen molar-refractivity contribution in [2.24, 2.45) is 5.92 Å². The molecule has 1 fully saturated rings. The van der Waals surface area contributed by atoms with Crippen molar-refractivity contribution < 1.29 is 14.4 Å². The molecule has 188 valence electrons. The number of aromatic nitrogens is 2. The Bertz CT molecular complexity index is 1470. The average molecular weight is 512 g/mol. The highest BCUT2D eigenvalue weighted by molar-refractivity contribution is 7.98. The van der Waals surface area contributed by atoms with Gasteiger partial charge in [0.25, 0.3) is 5.89 Å². The lowest BCUT2D eigenvalue weighted by atomic mass is 9.80. The predicted octanol–water partition coefficient (Wildman–Crippen LogP) is 6.54. The minimum absolute atomic E-state index is 0.195. The summed E-state index contributed by atoms with van der Waals surface area (Å²) >= 11 is 1.75. The van der Waals surface area contributed by atoms with Crippen LogP contribution < -0.4 is 5.32 Å². The van der Waals surface area contributed by atoms with Gasteiger partial charge in [-0.2, -0.15) is 4.98 Å². The Balaban J connectivity index is 1.19. The standard InChI is InChI=1S/C30H29N3O3S/c1-17-13-20(8-10-23(17)25-5-3-4-6-27(25)37-2)29-32-28(33-36-29)19-7-11-24-18(14-19)9-12-26(24)31-22-15-21(16-22)30(34)35/h3-8,10-11,13-14,21-22,26,31H,9,12,15-16H2,1-2H3,(H,34,35). The van der Waals surface area contributed by atoms with Crippen LogP contribution in [0.3, 0.4) is 0 Å². The van der Waals surface area contributed by atoms with Crippen LogP contribution in [0.4, 0.5) is 0 Å². The number of aliphatic carboxylic acids is 1. The Morgan fingerprint density at radius 2 is 1.86 bits per heavy atom. The van der Waals surface area contributed by atoms with Crippen LogP contribution in [0, 0.1) is 12.8 Å². The van der Waals surface area contributed by atoms with E-state index in [2.05, 4.69) is 78.3 Å². The zero-order chi connectivity index (χ0) is 25.5. The molecule has 1 unspecified atom stereocenters. The van der Waals surface area contributed by atoms with Gasteiger partial charge in [0.1, 0.15) is 0 Å². The van der Waals surface area contributed by atoms with Crippen molar-refractivity contribution in [1.29, 1.82) is 0 Å². The maximum Gasteiger partial charge on any atom is 0.306 e. The van der Waals surface area contributed by atoms with E-state index in [1.807, 2.05) is 6.07 Å². The topological polar surface area (TPSA) is 88.2 Å². The number of nitrogens with one attached hydrogen (secondary N) is 1. The molecule has 3 aromatic carbocycles. The summed E-state index contributed by atoms with van der Waals surface area (Å²) in [5.74, 6) is 0.230. The maximum atomic E-state index is 11.1. The van der Waals surface area contributed by atoms with E-state index in [0.717, 1.165) is 42.4 Å². The highest BCUT2D eigenvalue weighted by Gasteiger charge is 2.36. The van der Waals surface area contributed by atoms with Crippen LogP contribution >= 0.6 is 11.8 Å². The molecule has 1 atom stereocenters. The fourth-order valence-corrected chi connectivity index (χ4v) is 6.21. The fourth-order valence-electron chi connectivity index (χ4n) is 5.59. The van der Waals surface area contributed by atoms with Crippen LogP contribution in [0.25, 0.3) is 34.0 Å². The van der Waals surface area contributed by atoms with Gasteiger partial charge in [0.2, 0.25) is 5.82 Å². The molecule has 0 bridgehead atoms. The summed E-state index contributed by atoms with van der Waals surface area (Å²) in [6, 6.07) is 21.7. The third-order valence-electron chi connectivity index (χ3n) is 7.70. The zero-order valence-electron chi connectivity index (χ0n) is 20.9. The van der Waals surface area contributed by atoms with Crippen LogP contribution in [-0.4, -0.2) is 33.5 Å². The summed E-state index contributed by atoms with van der Waals surface area (Å²) in [7, 11) is 0. The van der Waals surface area contributed by atoms with Gasteiger partial charge >= 0.3 is 5.97 Å². The lowest BCUT2D eigenvalue weighted by molar-refractivity contribution is -0.145. The molecule has 1 aromatic heterocycles. The summed E-state index contributed by atoms with van der Waals surface area (Å²) < 4.78 is 5.67. The first-order valence-electron chi connectivity index (χ1n) is 12.7. The minimum atomic E-state index is -0.680. The lowest BCUT2D eigenvalue weighted by Gasteiger charge is -2.35. The number of hydrogen-bond donors (Lipinski definition) is 2. The molecule has 1 heterocycles. The van der Waals surface area contributed by atoms with E-state index in [9.17, 15) is 4.79 Å². The van der Waals surface area contributed by atoms with Crippen LogP contribution in [0.5, 0.6) is 0 Å². The van der Waals surface area contributed by atoms with Gasteiger partial charge in [0.05, 0.1) is 5.92 Å². The van der Waals surface area contributed by atoms with Gasteiger partial charge in [-0.1, -0.05) is 41.6 Å². The Kier molecular flexibility index (Phi) is 6.34. The monoisotopic (exact) mass is 511 g/mol. The molecular formula is C30H29N3O3S. The van der Waals surface area contributed by atoms with E-state index >= 15 is 0 Å². The first-order valence-corrected chi connectivity index (χ1v) is 13.9. The Labute approximate surface area is 220 Å². The van der Waals surface area contributed by atoms with Crippen molar-refractivity contribution in [3.8, 4) is 34.0 Å². The normalized spacial score (nSPS) is 20.4. The smallest absolute Gasteiger partial charge is 0.306 e. The van der Waals surface area contributed by atoms with Crippen molar-refractivity contribution in [2.45, 2.75) is 49.6 Å². The van der Waals surface area contributed by atoms with Crippen molar-refractivity contribution in [3.63, 3.8) is 0 Å². The largest absolute Gasteiger partial charge is 0.481 e. The number of carboxylic acid groups (broad SMARTS) is 1. The van der Waals surface area contributed by atoms with Gasteiger partial charge in [-0.25, -0.2) is 0 Å². The highest BCUT2D eigenvalue weighted by atomic mass is 32.2. The molecule has 4 aromatic rings. The van der Waals surface area contributed by atoms with Gasteiger partial charge in [-0.15, -0.1) is 11.8 Å². The molecule has 2 aliphatic carbocycles. The third kappa shape index (κ3) is 4.58. The van der Waals surface area contributed by atoms with Crippen LogP contribution in [0.1, 0.15) is 42.0 Å². The number of fused-ring (bicyclic) bond motifs is 1. The molecule has 0 saturated heterocycles. The molecule has 0 amide bonds. The fraction of sp³-hybridized carbons (Fsp3) is 0.300. The zero-order valence-corrected chi connectivity index (χ0v) is 21.7. The van der Waals surface area contributed by atoms with Crippen molar-refractivity contribution in [1.82, 2.24) is 15.5 Å². The minimum Gasteiger partial charge on any atom is -0.481 e.